The number of nitrogens with zero attached hydrogens (tertiary/aromatic N) is 3. The van der Waals surface area contributed by atoms with Gasteiger partial charge in [0.05, 0.1) is 18.4 Å². The lowest BCUT2D eigenvalue weighted by Crippen LogP contribution is -2.12. The number of nitrogens with one attached hydrogen (secondary N) is 1. The fourth-order valence-electron chi connectivity index (χ4n) is 3.56. The van der Waals surface area contributed by atoms with Crippen LogP contribution < -0.4 is 10.1 Å². The molecular formula is C25H20N4O3. The molecule has 1 N–H and O–H groups in total. The zero-order chi connectivity index (χ0) is 22.1. The lowest BCUT2D eigenvalue weighted by molar-refractivity contribution is 0.102. The van der Waals surface area contributed by atoms with Crippen molar-refractivity contribution in [3.8, 4) is 22.7 Å². The van der Waals surface area contributed by atoms with Gasteiger partial charge in [0.15, 0.2) is 11.5 Å². The SMILES string of the molecule is COc1cccc(-c2nn(-c3ccccc3)cc2C(=O)Nc2ccc3oc(C)nc3c2)c1. The summed E-state index contributed by atoms with van der Waals surface area (Å²) in [6, 6.07) is 22.5. The highest BCUT2D eigenvalue weighted by Crippen LogP contribution is 2.28. The van der Waals surface area contributed by atoms with Gasteiger partial charge in [0.2, 0.25) is 0 Å². The molecule has 0 aliphatic heterocycles. The molecule has 2 aromatic heterocycles. The van der Waals surface area contributed by atoms with Crippen molar-refractivity contribution < 1.29 is 13.9 Å². The molecular weight excluding hydrogens is 404 g/mol. The van der Waals surface area contributed by atoms with Crippen molar-refractivity contribution in [1.29, 1.82) is 0 Å². The smallest absolute Gasteiger partial charge is 0.259 e. The number of carbonyl (C=O) groups excluding carboxylic acids is 1. The molecule has 7 heteroatoms. The molecule has 5 rings (SSSR count). The van der Waals surface area contributed by atoms with Crippen LogP contribution in [0.1, 0.15) is 16.2 Å². The number of aryl methyl sites for hydroxylation is 1. The summed E-state index contributed by atoms with van der Waals surface area (Å²) in [6.45, 7) is 1.79. The predicted molar refractivity (Wildman–Crippen MR) is 122 cm³/mol. The first-order valence-corrected chi connectivity index (χ1v) is 10.1. The monoisotopic (exact) mass is 424 g/mol. The van der Waals surface area contributed by atoms with E-state index in [-0.39, 0.29) is 5.91 Å². The second kappa shape index (κ2) is 8.03. The lowest BCUT2D eigenvalue weighted by Gasteiger charge is -2.06. The Bertz CT molecular complexity index is 1420. The molecule has 2 heterocycles. The van der Waals surface area contributed by atoms with Crippen LogP contribution >= 0.6 is 0 Å². The Balaban J connectivity index is 1.55. The van der Waals surface area contributed by atoms with Gasteiger partial charge in [-0.3, -0.25) is 4.79 Å². The third-order valence-corrected chi connectivity index (χ3v) is 5.08. The molecule has 0 saturated heterocycles. The molecule has 0 aliphatic rings. The second-order valence-corrected chi connectivity index (χ2v) is 7.27. The Kier molecular flexibility index (Phi) is 4.91. The van der Waals surface area contributed by atoms with Gasteiger partial charge >= 0.3 is 0 Å². The predicted octanol–water partition coefficient (Wildman–Crippen LogP) is 5.25. The number of hydrogen-bond donors (Lipinski definition) is 1. The van der Waals surface area contributed by atoms with E-state index < -0.39 is 0 Å². The highest BCUT2D eigenvalue weighted by atomic mass is 16.5. The van der Waals surface area contributed by atoms with Crippen molar-refractivity contribution in [2.45, 2.75) is 6.92 Å². The molecule has 0 atom stereocenters. The van der Waals surface area contributed by atoms with Crippen molar-refractivity contribution in [1.82, 2.24) is 14.8 Å². The zero-order valence-electron chi connectivity index (χ0n) is 17.6. The van der Waals surface area contributed by atoms with Gasteiger partial charge in [0.25, 0.3) is 5.91 Å². The first-order chi connectivity index (χ1) is 15.6. The first kappa shape index (κ1) is 19.6. The summed E-state index contributed by atoms with van der Waals surface area (Å²) in [5, 5.41) is 7.67. The highest BCUT2D eigenvalue weighted by molar-refractivity contribution is 6.08. The van der Waals surface area contributed by atoms with Crippen molar-refractivity contribution in [3.63, 3.8) is 0 Å². The van der Waals surface area contributed by atoms with Crippen LogP contribution in [0.3, 0.4) is 0 Å². The summed E-state index contributed by atoms with van der Waals surface area (Å²) in [5.41, 5.74) is 4.63. The Morgan fingerprint density at radius 2 is 1.88 bits per heavy atom. The number of hydrogen-bond acceptors (Lipinski definition) is 5. The number of anilines is 1. The summed E-state index contributed by atoms with van der Waals surface area (Å²) in [4.78, 5) is 17.6. The molecule has 3 aromatic carbocycles. The van der Waals surface area contributed by atoms with Gasteiger partial charge in [-0.25, -0.2) is 9.67 Å². The first-order valence-electron chi connectivity index (χ1n) is 10.1. The number of carbonyl (C=O) groups is 1. The largest absolute Gasteiger partial charge is 0.497 e. The third kappa shape index (κ3) is 3.72. The molecule has 1 amide bonds. The van der Waals surface area contributed by atoms with Gasteiger partial charge in [0.1, 0.15) is 17.0 Å². The summed E-state index contributed by atoms with van der Waals surface area (Å²) in [7, 11) is 1.61. The Morgan fingerprint density at radius 1 is 1.03 bits per heavy atom. The van der Waals surface area contributed by atoms with E-state index in [0.29, 0.717) is 39.7 Å². The summed E-state index contributed by atoms with van der Waals surface area (Å²) in [5.74, 6) is 0.993. The van der Waals surface area contributed by atoms with Crippen LogP contribution in [0.5, 0.6) is 5.75 Å². The van der Waals surface area contributed by atoms with Crippen LogP contribution in [-0.2, 0) is 0 Å². The standard InChI is InChI=1S/C25H20N4O3/c1-16-26-22-14-18(11-12-23(22)32-16)27-25(30)21-15-29(19-8-4-3-5-9-19)28-24(21)17-7-6-10-20(13-17)31-2/h3-15H,1-2H3,(H,27,30). The number of fused-ring (bicyclic) bond motifs is 1. The maximum Gasteiger partial charge on any atom is 0.259 e. The molecule has 0 bridgehead atoms. The van der Waals surface area contributed by atoms with Crippen molar-refractivity contribution in [2.24, 2.45) is 0 Å². The van der Waals surface area contributed by atoms with Gasteiger partial charge in [-0.05, 0) is 42.5 Å². The van der Waals surface area contributed by atoms with E-state index in [0.717, 1.165) is 11.3 Å². The van der Waals surface area contributed by atoms with Gasteiger partial charge in [-0.15, -0.1) is 0 Å². The molecule has 7 nitrogen and oxygen atoms in total. The second-order valence-electron chi connectivity index (χ2n) is 7.27. The van der Waals surface area contributed by atoms with E-state index in [9.17, 15) is 4.79 Å². The van der Waals surface area contributed by atoms with Crippen molar-refractivity contribution >= 4 is 22.7 Å². The molecule has 0 unspecified atom stereocenters. The number of aromatic nitrogens is 3. The van der Waals surface area contributed by atoms with Crippen LogP contribution in [0.4, 0.5) is 5.69 Å². The minimum atomic E-state index is -0.274. The number of benzene rings is 3. The van der Waals surface area contributed by atoms with Crippen molar-refractivity contribution in [2.75, 3.05) is 12.4 Å². The van der Waals surface area contributed by atoms with E-state index in [1.165, 1.54) is 0 Å². The van der Waals surface area contributed by atoms with Crippen LogP contribution in [-0.4, -0.2) is 27.8 Å². The van der Waals surface area contributed by atoms with E-state index in [4.69, 9.17) is 14.3 Å². The average molecular weight is 424 g/mol. The summed E-state index contributed by atoms with van der Waals surface area (Å²) < 4.78 is 12.6. The van der Waals surface area contributed by atoms with Crippen molar-refractivity contribution in [3.05, 3.63) is 90.4 Å². The third-order valence-electron chi connectivity index (χ3n) is 5.08. The Hall–Kier alpha value is -4.39. The van der Waals surface area contributed by atoms with Crippen LogP contribution in [0.15, 0.2) is 83.4 Å². The molecule has 5 aromatic rings. The minimum absolute atomic E-state index is 0.274. The summed E-state index contributed by atoms with van der Waals surface area (Å²) in [6.07, 6.45) is 1.73. The van der Waals surface area contributed by atoms with E-state index in [1.54, 1.807) is 43.1 Å². The van der Waals surface area contributed by atoms with Gasteiger partial charge in [-0.1, -0.05) is 30.3 Å². The number of amides is 1. The quantitative estimate of drug-likeness (QED) is 0.417. The number of ether oxygens (including phenoxy) is 1. The van der Waals surface area contributed by atoms with Gasteiger partial charge < -0.3 is 14.5 Å². The minimum Gasteiger partial charge on any atom is -0.497 e. The topological polar surface area (TPSA) is 82.2 Å². The maximum absolute atomic E-state index is 13.3. The number of methoxy groups -OCH3 is 1. The van der Waals surface area contributed by atoms with E-state index in [2.05, 4.69) is 10.3 Å². The maximum atomic E-state index is 13.3. The van der Waals surface area contributed by atoms with E-state index >= 15 is 0 Å². The average Bonchev–Trinajstić information content (AvgIpc) is 3.43. The Labute approximate surface area is 184 Å². The molecule has 0 spiro atoms. The molecule has 158 valence electrons. The van der Waals surface area contributed by atoms with Crippen LogP contribution in [0.25, 0.3) is 28.0 Å². The number of para-hydroxylation sites is 1. The molecule has 32 heavy (non-hydrogen) atoms. The fourth-order valence-corrected chi connectivity index (χ4v) is 3.56. The molecule has 0 saturated carbocycles. The fraction of sp³-hybridized carbons (Fsp3) is 0.0800. The van der Waals surface area contributed by atoms with Crippen LogP contribution in [0.2, 0.25) is 0 Å². The number of oxazole rings is 1. The summed E-state index contributed by atoms with van der Waals surface area (Å²) >= 11 is 0. The molecule has 0 aliphatic carbocycles. The highest BCUT2D eigenvalue weighted by Gasteiger charge is 2.20. The van der Waals surface area contributed by atoms with Gasteiger partial charge in [-0.2, -0.15) is 5.10 Å². The van der Waals surface area contributed by atoms with Gasteiger partial charge in [0, 0.05) is 24.4 Å². The number of rotatable bonds is 5. The molecule has 0 fully saturated rings. The molecule has 0 radical (unpaired) electrons. The Morgan fingerprint density at radius 3 is 2.69 bits per heavy atom. The zero-order valence-corrected chi connectivity index (χ0v) is 17.6. The lowest BCUT2D eigenvalue weighted by atomic mass is 10.1. The van der Waals surface area contributed by atoms with Crippen LogP contribution in [0, 0.1) is 6.92 Å². The van der Waals surface area contributed by atoms with E-state index in [1.807, 2.05) is 54.6 Å². The normalized spacial score (nSPS) is 10.9.